The highest BCUT2D eigenvalue weighted by molar-refractivity contribution is 5.87. The number of urea groups is 1. The predicted octanol–water partition coefficient (Wildman–Crippen LogP) is -0.196. The lowest BCUT2D eigenvalue weighted by Gasteiger charge is -2.38. The summed E-state index contributed by atoms with van der Waals surface area (Å²) >= 11 is 0. The topological polar surface area (TPSA) is 122 Å². The molecule has 1 aliphatic rings. The maximum atomic E-state index is 11.5. The lowest BCUT2D eigenvalue weighted by Crippen LogP contribution is -2.50. The van der Waals surface area contributed by atoms with E-state index in [1.807, 2.05) is 0 Å². The first-order chi connectivity index (χ1) is 8.32. The first-order valence-electron chi connectivity index (χ1n) is 5.88. The van der Waals surface area contributed by atoms with Gasteiger partial charge in [-0.3, -0.25) is 4.79 Å². The predicted molar refractivity (Wildman–Crippen MR) is 63.7 cm³/mol. The minimum atomic E-state index is -1.28. The Balaban J connectivity index is 2.36. The average Bonchev–Trinajstić information content (AvgIpc) is 2.22. The highest BCUT2D eigenvalue weighted by atomic mass is 16.4. The van der Waals surface area contributed by atoms with Crippen molar-refractivity contribution in [2.75, 3.05) is 6.54 Å². The van der Waals surface area contributed by atoms with Gasteiger partial charge in [-0.05, 0) is 18.3 Å². The maximum Gasteiger partial charge on any atom is 0.326 e. The number of rotatable bonds is 6. The van der Waals surface area contributed by atoms with Crippen LogP contribution in [0.15, 0.2) is 0 Å². The van der Waals surface area contributed by atoms with E-state index in [1.165, 1.54) is 0 Å². The van der Waals surface area contributed by atoms with Gasteiger partial charge in [0, 0.05) is 6.54 Å². The summed E-state index contributed by atoms with van der Waals surface area (Å²) in [5, 5.41) is 13.6. The van der Waals surface area contributed by atoms with Gasteiger partial charge < -0.3 is 21.5 Å². The number of hydrogen-bond acceptors (Lipinski definition) is 3. The van der Waals surface area contributed by atoms with Crippen LogP contribution in [0.2, 0.25) is 0 Å². The third kappa shape index (κ3) is 4.23. The van der Waals surface area contributed by atoms with Crippen molar-refractivity contribution in [3.8, 4) is 0 Å². The van der Waals surface area contributed by atoms with Crippen LogP contribution in [0.1, 0.15) is 32.6 Å². The third-order valence-electron chi connectivity index (χ3n) is 3.25. The molecule has 0 saturated heterocycles. The van der Waals surface area contributed by atoms with Gasteiger partial charge in [-0.1, -0.05) is 13.3 Å². The second kappa shape index (κ2) is 5.70. The quantitative estimate of drug-likeness (QED) is 0.526. The smallest absolute Gasteiger partial charge is 0.326 e. The van der Waals surface area contributed by atoms with E-state index in [1.54, 1.807) is 0 Å². The van der Waals surface area contributed by atoms with Gasteiger partial charge in [0.2, 0.25) is 5.91 Å². The molecule has 7 heteroatoms. The van der Waals surface area contributed by atoms with Crippen LogP contribution in [-0.2, 0) is 9.59 Å². The highest BCUT2D eigenvalue weighted by Gasteiger charge is 2.32. The number of aliphatic carboxylic acids is 1. The molecule has 3 amide bonds. The van der Waals surface area contributed by atoms with Crippen molar-refractivity contribution in [2.24, 2.45) is 11.1 Å². The largest absolute Gasteiger partial charge is 0.480 e. The molecule has 102 valence electrons. The van der Waals surface area contributed by atoms with Gasteiger partial charge in [-0.15, -0.1) is 0 Å². The van der Waals surface area contributed by atoms with E-state index in [-0.39, 0.29) is 5.41 Å². The van der Waals surface area contributed by atoms with Crippen molar-refractivity contribution in [2.45, 2.75) is 38.6 Å². The Bertz CT molecular complexity index is 352. The van der Waals surface area contributed by atoms with Crippen LogP contribution >= 0.6 is 0 Å². The van der Waals surface area contributed by atoms with E-state index in [9.17, 15) is 14.4 Å². The van der Waals surface area contributed by atoms with Crippen molar-refractivity contribution in [1.29, 1.82) is 0 Å². The van der Waals surface area contributed by atoms with Crippen LogP contribution in [0.25, 0.3) is 0 Å². The standard InChI is InChI=1S/C11H19N3O4/c1-11(3-2-4-11)6-13-10(18)14-7(9(16)17)5-8(12)15/h7H,2-6H2,1H3,(H2,12,15)(H,16,17)(H2,13,14,18)/t7-/m1/s1. The number of amides is 3. The number of nitrogens with one attached hydrogen (secondary N) is 2. The fourth-order valence-corrected chi connectivity index (χ4v) is 1.86. The van der Waals surface area contributed by atoms with Gasteiger partial charge in [0.05, 0.1) is 6.42 Å². The maximum absolute atomic E-state index is 11.5. The van der Waals surface area contributed by atoms with Crippen molar-refractivity contribution in [1.82, 2.24) is 10.6 Å². The Morgan fingerprint density at radius 3 is 2.39 bits per heavy atom. The Morgan fingerprint density at radius 2 is 2.00 bits per heavy atom. The lowest BCUT2D eigenvalue weighted by atomic mass is 9.70. The number of nitrogens with two attached hydrogens (primary N) is 1. The normalized spacial score (nSPS) is 18.3. The molecule has 0 bridgehead atoms. The van der Waals surface area contributed by atoms with Gasteiger partial charge >= 0.3 is 12.0 Å². The van der Waals surface area contributed by atoms with Gasteiger partial charge in [-0.2, -0.15) is 0 Å². The number of carboxylic acid groups (broad SMARTS) is 1. The minimum absolute atomic E-state index is 0.111. The number of hydrogen-bond donors (Lipinski definition) is 4. The Morgan fingerprint density at radius 1 is 1.39 bits per heavy atom. The molecule has 0 aromatic rings. The van der Waals surface area contributed by atoms with Crippen LogP contribution in [0.5, 0.6) is 0 Å². The van der Waals surface area contributed by atoms with E-state index in [0.717, 1.165) is 19.3 Å². The molecule has 1 rings (SSSR count). The molecule has 0 aromatic carbocycles. The number of carbonyl (C=O) groups excluding carboxylic acids is 2. The average molecular weight is 257 g/mol. The zero-order valence-corrected chi connectivity index (χ0v) is 10.4. The Kier molecular flexibility index (Phi) is 4.52. The molecule has 0 aromatic heterocycles. The number of primary amides is 1. The fourth-order valence-electron chi connectivity index (χ4n) is 1.86. The monoisotopic (exact) mass is 257 g/mol. The molecular formula is C11H19N3O4. The summed E-state index contributed by atoms with van der Waals surface area (Å²) in [4.78, 5) is 32.9. The Hall–Kier alpha value is -1.79. The van der Waals surface area contributed by atoms with Gasteiger partial charge in [0.1, 0.15) is 6.04 Å². The summed E-state index contributed by atoms with van der Waals surface area (Å²) in [6, 6.07) is -1.87. The zero-order chi connectivity index (χ0) is 13.8. The molecule has 0 spiro atoms. The van der Waals surface area contributed by atoms with E-state index in [4.69, 9.17) is 10.8 Å². The molecule has 0 unspecified atom stereocenters. The zero-order valence-electron chi connectivity index (χ0n) is 10.4. The lowest BCUT2D eigenvalue weighted by molar-refractivity contribution is -0.140. The van der Waals surface area contributed by atoms with Crippen molar-refractivity contribution in [3.05, 3.63) is 0 Å². The number of carbonyl (C=O) groups is 3. The van der Waals surface area contributed by atoms with Crippen LogP contribution in [-0.4, -0.2) is 35.6 Å². The van der Waals surface area contributed by atoms with Gasteiger partial charge in [-0.25, -0.2) is 9.59 Å². The second-order valence-electron chi connectivity index (χ2n) is 5.05. The van der Waals surface area contributed by atoms with E-state index < -0.39 is 30.4 Å². The first kappa shape index (κ1) is 14.3. The Labute approximate surface area is 105 Å². The summed E-state index contributed by atoms with van der Waals surface area (Å²) in [5.41, 5.74) is 5.02. The summed E-state index contributed by atoms with van der Waals surface area (Å²) in [5.74, 6) is -2.05. The summed E-state index contributed by atoms with van der Waals surface area (Å²) < 4.78 is 0. The molecule has 5 N–H and O–H groups in total. The third-order valence-corrected chi connectivity index (χ3v) is 3.25. The number of carboxylic acids is 1. The summed E-state index contributed by atoms with van der Waals surface area (Å²) in [6.07, 6.45) is 2.84. The molecule has 7 nitrogen and oxygen atoms in total. The SMILES string of the molecule is CC1(CNC(=O)N[C@H](CC(N)=O)C(=O)O)CCC1. The van der Waals surface area contributed by atoms with Crippen LogP contribution in [0.4, 0.5) is 4.79 Å². The van der Waals surface area contributed by atoms with Gasteiger partial charge in [0.25, 0.3) is 0 Å². The molecule has 0 aliphatic heterocycles. The minimum Gasteiger partial charge on any atom is -0.480 e. The second-order valence-corrected chi connectivity index (χ2v) is 5.05. The first-order valence-corrected chi connectivity index (χ1v) is 5.88. The fraction of sp³-hybridized carbons (Fsp3) is 0.727. The van der Waals surface area contributed by atoms with Crippen molar-refractivity contribution in [3.63, 3.8) is 0 Å². The van der Waals surface area contributed by atoms with E-state index in [0.29, 0.717) is 6.54 Å². The summed E-state index contributed by atoms with van der Waals surface area (Å²) in [7, 11) is 0. The van der Waals surface area contributed by atoms with E-state index >= 15 is 0 Å². The molecular weight excluding hydrogens is 238 g/mol. The molecule has 1 saturated carbocycles. The van der Waals surface area contributed by atoms with Crippen LogP contribution in [0.3, 0.4) is 0 Å². The molecule has 0 heterocycles. The van der Waals surface area contributed by atoms with Crippen LogP contribution in [0, 0.1) is 5.41 Å². The van der Waals surface area contributed by atoms with E-state index in [2.05, 4.69) is 17.6 Å². The van der Waals surface area contributed by atoms with Crippen molar-refractivity contribution < 1.29 is 19.5 Å². The van der Waals surface area contributed by atoms with Gasteiger partial charge in [0.15, 0.2) is 0 Å². The molecule has 0 radical (unpaired) electrons. The molecule has 1 atom stereocenters. The molecule has 1 fully saturated rings. The van der Waals surface area contributed by atoms with Crippen LogP contribution < -0.4 is 16.4 Å². The van der Waals surface area contributed by atoms with Crippen molar-refractivity contribution >= 4 is 17.9 Å². The molecule has 18 heavy (non-hydrogen) atoms. The molecule has 1 aliphatic carbocycles. The summed E-state index contributed by atoms with van der Waals surface area (Å²) in [6.45, 7) is 2.57. The highest BCUT2D eigenvalue weighted by Crippen LogP contribution is 2.39.